The molecule has 13 heteroatoms. The molecule has 2 aromatic rings. The van der Waals surface area contributed by atoms with Crippen LogP contribution in [0.1, 0.15) is 73.1 Å². The first-order valence-corrected chi connectivity index (χ1v) is 14.4. The third kappa shape index (κ3) is 8.72. The summed E-state index contributed by atoms with van der Waals surface area (Å²) in [6.07, 6.45) is -2.26. The molecule has 3 unspecified atom stereocenters. The number of aliphatic carboxylic acids is 2. The summed E-state index contributed by atoms with van der Waals surface area (Å²) in [5, 5.41) is 14.8. The second-order valence-corrected chi connectivity index (χ2v) is 11.5. The largest absolute Gasteiger partial charge is 0.473 e. The molecule has 7 nitrogen and oxygen atoms in total. The summed E-state index contributed by atoms with van der Waals surface area (Å²) < 4.78 is 86.8. The zero-order valence-electron chi connectivity index (χ0n) is 23.9. The van der Waals surface area contributed by atoms with E-state index in [0.29, 0.717) is 5.92 Å². The molecule has 44 heavy (non-hydrogen) atoms. The van der Waals surface area contributed by atoms with Crippen molar-refractivity contribution in [3.8, 4) is 0 Å². The Kier molecular flexibility index (Phi) is 11.8. The fraction of sp³-hybridized carbons (Fsp3) is 0.548. The van der Waals surface area contributed by atoms with E-state index < -0.39 is 35.4 Å². The van der Waals surface area contributed by atoms with E-state index in [0.717, 1.165) is 50.9 Å². The number of alkyl halides is 6. The van der Waals surface area contributed by atoms with Crippen molar-refractivity contribution < 1.29 is 56.4 Å². The molecule has 3 saturated heterocycles. The molecule has 0 radical (unpaired) electrons. The van der Waals surface area contributed by atoms with Gasteiger partial charge in [-0.2, -0.15) is 26.3 Å². The van der Waals surface area contributed by atoms with Crippen molar-refractivity contribution in [3.63, 3.8) is 0 Å². The lowest BCUT2D eigenvalue weighted by Gasteiger charge is -2.55. The number of piperidine rings is 3. The van der Waals surface area contributed by atoms with E-state index in [1.54, 1.807) is 0 Å². The Labute approximate surface area is 251 Å². The number of benzene rings is 2. The number of carboxylic acid groups (broad SMARTS) is 2. The minimum Gasteiger partial charge on any atom is -0.473 e. The maximum atomic E-state index is 13.4. The lowest BCUT2D eigenvalue weighted by atomic mass is 9.67. The van der Waals surface area contributed by atoms with E-state index in [9.17, 15) is 26.3 Å². The van der Waals surface area contributed by atoms with E-state index in [1.807, 2.05) is 18.2 Å². The molecule has 6 rings (SSSR count). The van der Waals surface area contributed by atoms with Crippen LogP contribution in [-0.2, 0) is 33.3 Å². The van der Waals surface area contributed by atoms with Crippen LogP contribution in [0, 0.1) is 11.8 Å². The minimum absolute atomic E-state index is 0. The van der Waals surface area contributed by atoms with Gasteiger partial charge in [-0.1, -0.05) is 49.6 Å². The first kappa shape index (κ1) is 35.3. The molecule has 0 aromatic heterocycles. The van der Waals surface area contributed by atoms with Crippen LogP contribution in [0.2, 0.25) is 0 Å². The quantitative estimate of drug-likeness (QED) is 0.281. The van der Waals surface area contributed by atoms with Gasteiger partial charge in [0.1, 0.15) is 0 Å². The van der Waals surface area contributed by atoms with Gasteiger partial charge < -0.3 is 20.4 Å². The summed E-state index contributed by atoms with van der Waals surface area (Å²) in [5.74, 6) is -2.69. The standard InChI is InChI=1S/C29H33F6NO.C2H2O4.H2O/c30-28(31,32)23-15-19(16-24(17-23)29(33,34)35)18-37-27-22-11-13-36(14-12-22)26(27)25(20-7-3-1-4-8-20)21-9-5-2-6-10-21;3-1(4)2(5)6;/h1,3-4,7-8,15-17,21-22,25-27H,2,5-6,9-14,18H2;(H,3,4)(H,5,6);1H2. The lowest BCUT2D eigenvalue weighted by Crippen LogP contribution is -2.61. The molecule has 1 saturated carbocycles. The van der Waals surface area contributed by atoms with Crippen LogP contribution in [0.25, 0.3) is 0 Å². The number of halogens is 6. The van der Waals surface area contributed by atoms with Gasteiger partial charge in [-0.15, -0.1) is 0 Å². The van der Waals surface area contributed by atoms with Crippen LogP contribution >= 0.6 is 0 Å². The van der Waals surface area contributed by atoms with Crippen LogP contribution in [-0.4, -0.2) is 57.8 Å². The molecule has 3 aliphatic heterocycles. The van der Waals surface area contributed by atoms with Crippen LogP contribution in [0.4, 0.5) is 26.3 Å². The van der Waals surface area contributed by atoms with Gasteiger partial charge in [0.05, 0.1) is 23.8 Å². The molecular weight excluding hydrogens is 596 g/mol. The van der Waals surface area contributed by atoms with E-state index in [1.165, 1.54) is 24.8 Å². The minimum atomic E-state index is -4.87. The SMILES string of the molecule is FC(F)(F)c1cc(COC2C3CCN(CC3)C2C(c2ccccc2)C2CCCCC2)cc(C(F)(F)F)c1.O.O=C(O)C(=O)O. The summed E-state index contributed by atoms with van der Waals surface area (Å²) in [6, 6.07) is 12.2. The molecular formula is C31H37F6NO6. The molecule has 4 fully saturated rings. The fourth-order valence-corrected chi connectivity index (χ4v) is 6.91. The molecule has 4 aliphatic rings. The van der Waals surface area contributed by atoms with E-state index in [2.05, 4.69) is 17.0 Å². The first-order chi connectivity index (χ1) is 20.3. The Morgan fingerprint density at radius 3 is 1.82 bits per heavy atom. The van der Waals surface area contributed by atoms with Crippen molar-refractivity contribution in [1.82, 2.24) is 4.90 Å². The number of ether oxygens (including phenoxy) is 1. The van der Waals surface area contributed by atoms with E-state index >= 15 is 0 Å². The third-order valence-electron chi connectivity index (χ3n) is 8.78. The van der Waals surface area contributed by atoms with Crippen LogP contribution in [0.5, 0.6) is 0 Å². The average Bonchev–Trinajstić information content (AvgIpc) is 2.97. The van der Waals surface area contributed by atoms with E-state index in [4.69, 9.17) is 24.5 Å². The second kappa shape index (κ2) is 14.7. The number of hydrogen-bond acceptors (Lipinski definition) is 4. The van der Waals surface area contributed by atoms with Crippen molar-refractivity contribution >= 4 is 11.9 Å². The number of rotatable bonds is 6. The summed E-state index contributed by atoms with van der Waals surface area (Å²) >= 11 is 0. The highest BCUT2D eigenvalue weighted by Crippen LogP contribution is 2.47. The molecule has 2 aromatic carbocycles. The molecule has 4 N–H and O–H groups in total. The Balaban J connectivity index is 0.000000689. The monoisotopic (exact) mass is 633 g/mol. The van der Waals surface area contributed by atoms with Crippen molar-refractivity contribution in [1.29, 1.82) is 0 Å². The van der Waals surface area contributed by atoms with Crippen molar-refractivity contribution in [2.45, 2.75) is 82.0 Å². The highest BCUT2D eigenvalue weighted by Gasteiger charge is 2.49. The topological polar surface area (TPSA) is 119 Å². The van der Waals surface area contributed by atoms with E-state index in [-0.39, 0.29) is 47.7 Å². The van der Waals surface area contributed by atoms with Crippen LogP contribution in [0.3, 0.4) is 0 Å². The number of carbonyl (C=O) groups is 2. The van der Waals surface area contributed by atoms with Crippen molar-refractivity contribution in [3.05, 3.63) is 70.8 Å². The Bertz CT molecular complexity index is 1200. The zero-order valence-corrected chi connectivity index (χ0v) is 23.9. The molecule has 3 atom stereocenters. The molecule has 2 bridgehead atoms. The highest BCUT2D eigenvalue weighted by atomic mass is 19.4. The number of nitrogens with zero attached hydrogens (tertiary/aromatic N) is 1. The van der Waals surface area contributed by atoms with Crippen molar-refractivity contribution in [2.75, 3.05) is 13.1 Å². The number of fused-ring (bicyclic) bond motifs is 3. The van der Waals surface area contributed by atoms with Crippen LogP contribution in [0.15, 0.2) is 48.5 Å². The predicted octanol–water partition coefficient (Wildman–Crippen LogP) is 6.40. The Morgan fingerprint density at radius 1 is 0.818 bits per heavy atom. The van der Waals surface area contributed by atoms with Gasteiger partial charge >= 0.3 is 24.3 Å². The van der Waals surface area contributed by atoms with Gasteiger partial charge in [0.2, 0.25) is 0 Å². The predicted molar refractivity (Wildman–Crippen MR) is 148 cm³/mol. The lowest BCUT2D eigenvalue weighted by molar-refractivity contribution is -0.159. The molecule has 0 spiro atoms. The first-order valence-electron chi connectivity index (χ1n) is 14.4. The number of carboxylic acids is 2. The molecule has 1 aliphatic carbocycles. The summed E-state index contributed by atoms with van der Waals surface area (Å²) in [5.41, 5.74) is -1.43. The fourth-order valence-electron chi connectivity index (χ4n) is 6.91. The average molecular weight is 634 g/mol. The zero-order chi connectivity index (χ0) is 31.4. The maximum absolute atomic E-state index is 13.4. The van der Waals surface area contributed by atoms with Gasteiger partial charge in [0.15, 0.2) is 0 Å². The smallest absolute Gasteiger partial charge is 0.416 e. The van der Waals surface area contributed by atoms with Gasteiger partial charge in [-0.3, -0.25) is 4.90 Å². The normalized spacial score (nSPS) is 24.4. The third-order valence-corrected chi connectivity index (χ3v) is 8.78. The van der Waals surface area contributed by atoms with Gasteiger partial charge in [0, 0.05) is 12.0 Å². The van der Waals surface area contributed by atoms with Crippen molar-refractivity contribution in [2.24, 2.45) is 11.8 Å². The Hall–Kier alpha value is -3.16. The summed E-state index contributed by atoms with van der Waals surface area (Å²) in [6.45, 7) is 1.63. The number of hydrogen-bond donors (Lipinski definition) is 2. The van der Waals surface area contributed by atoms with Gasteiger partial charge in [-0.25, -0.2) is 9.59 Å². The summed E-state index contributed by atoms with van der Waals surface area (Å²) in [7, 11) is 0. The van der Waals surface area contributed by atoms with Crippen LogP contribution < -0.4 is 0 Å². The van der Waals surface area contributed by atoms with Gasteiger partial charge in [0.25, 0.3) is 0 Å². The second-order valence-electron chi connectivity index (χ2n) is 11.5. The van der Waals surface area contributed by atoms with Gasteiger partial charge in [-0.05, 0) is 79.9 Å². The molecule has 0 amide bonds. The molecule has 244 valence electrons. The highest BCUT2D eigenvalue weighted by molar-refractivity contribution is 6.27. The maximum Gasteiger partial charge on any atom is 0.416 e. The molecule has 3 heterocycles. The summed E-state index contributed by atoms with van der Waals surface area (Å²) in [4.78, 5) is 20.7. The Morgan fingerprint density at radius 2 is 1.34 bits per heavy atom.